The third-order valence-corrected chi connectivity index (χ3v) is 8.54. The Labute approximate surface area is 303 Å². The first-order valence-electron chi connectivity index (χ1n) is 19.9. The Bertz CT molecular complexity index is 679. The zero-order valence-electron chi connectivity index (χ0n) is 31.6. The Morgan fingerprint density at radius 1 is 0.489 bits per heavy atom. The Hall–Kier alpha value is -1.14. The van der Waals surface area contributed by atoms with Crippen molar-refractivity contribution >= 4 is 28.9 Å². The van der Waals surface area contributed by atoms with Gasteiger partial charge in [0.25, 0.3) is 5.79 Å². The summed E-state index contributed by atoms with van der Waals surface area (Å²) in [6.45, 7) is 4.53. The van der Waals surface area contributed by atoms with Crippen LogP contribution in [0.15, 0.2) is 24.3 Å². The molecule has 6 heteroatoms. The lowest BCUT2D eigenvalue weighted by molar-refractivity contribution is -0.196. The van der Waals surface area contributed by atoms with Crippen molar-refractivity contribution in [2.75, 3.05) is 14.1 Å². The van der Waals surface area contributed by atoms with Crippen molar-refractivity contribution in [2.45, 2.75) is 212 Å². The van der Waals surface area contributed by atoms with Crippen LogP contribution in [0.25, 0.3) is 0 Å². The number of halogens is 1. The average Bonchev–Trinajstić information content (AvgIpc) is 3.79. The van der Waals surface area contributed by atoms with Crippen molar-refractivity contribution in [2.24, 2.45) is 0 Å². The molecule has 0 heterocycles. The van der Waals surface area contributed by atoms with Crippen molar-refractivity contribution in [3.63, 3.8) is 0 Å². The number of hydrogen-bond acceptors (Lipinski definition) is 5. The van der Waals surface area contributed by atoms with Crippen LogP contribution in [0.2, 0.25) is 0 Å². The maximum atomic E-state index is 12.3. The number of rotatable bonds is 32. The first kappa shape index (κ1) is 48.0. The summed E-state index contributed by atoms with van der Waals surface area (Å²) in [5, 5.41) is 2.75. The zero-order valence-corrected chi connectivity index (χ0v) is 33.3. The van der Waals surface area contributed by atoms with Gasteiger partial charge in [0, 0.05) is 25.7 Å². The molecule has 1 aliphatic rings. The quantitative estimate of drug-likeness (QED) is 0.0323. The van der Waals surface area contributed by atoms with Crippen molar-refractivity contribution in [1.29, 1.82) is 0 Å². The van der Waals surface area contributed by atoms with E-state index in [1.54, 1.807) is 0 Å². The number of carbonyl (C=O) groups excluding carboxylic acids is 2. The normalized spacial score (nSPS) is 13.3. The van der Waals surface area contributed by atoms with Crippen LogP contribution in [0.3, 0.4) is 0 Å². The van der Waals surface area contributed by atoms with Gasteiger partial charge in [-0.3, -0.25) is 9.59 Å². The van der Waals surface area contributed by atoms with Crippen molar-refractivity contribution in [3.05, 3.63) is 24.3 Å². The fraction of sp³-hybridized carbons (Fsp3) is 0.854. The Morgan fingerprint density at radius 3 is 1.02 bits per heavy atom. The first-order chi connectivity index (χ1) is 22.5. The molecule has 0 bridgehead atoms. The molecule has 0 atom stereocenters. The lowest BCUT2D eigenvalue weighted by Crippen LogP contribution is -2.26. The van der Waals surface area contributed by atoms with Gasteiger partial charge in [0.05, 0.1) is 0 Å². The van der Waals surface area contributed by atoms with Crippen LogP contribution < -0.4 is 5.32 Å². The second-order valence-corrected chi connectivity index (χ2v) is 13.5. The molecule has 0 aromatic heterocycles. The highest BCUT2D eigenvalue weighted by Crippen LogP contribution is 2.41. The number of unbranched alkanes of at least 4 members (excludes halogenated alkanes) is 22. The summed E-state index contributed by atoms with van der Waals surface area (Å²) in [7, 11) is 3.75. The SMILES string of the molecule is Br.CCCCCCCC/C=C\CCCCCCCC(=O)OC1(OC(=O)CCCCCCC/C=C\CCCCCCCC)CC1.CNC. The fourth-order valence-electron chi connectivity index (χ4n) is 5.52. The summed E-state index contributed by atoms with van der Waals surface area (Å²) in [6.07, 6.45) is 43.7. The van der Waals surface area contributed by atoms with E-state index >= 15 is 0 Å². The molecule has 0 amide bonds. The number of hydrogen-bond donors (Lipinski definition) is 1. The average molecular weight is 729 g/mol. The van der Waals surface area contributed by atoms with E-state index in [-0.39, 0.29) is 28.9 Å². The van der Waals surface area contributed by atoms with Gasteiger partial charge in [-0.05, 0) is 78.3 Å². The molecule has 0 aliphatic heterocycles. The summed E-state index contributed by atoms with van der Waals surface area (Å²) < 4.78 is 11.1. The van der Waals surface area contributed by atoms with Crippen LogP contribution in [-0.2, 0) is 19.1 Å². The Balaban J connectivity index is 0. The summed E-state index contributed by atoms with van der Waals surface area (Å²) in [5.41, 5.74) is 0. The second kappa shape index (κ2) is 37.7. The largest absolute Gasteiger partial charge is 0.422 e. The Morgan fingerprint density at radius 2 is 0.745 bits per heavy atom. The number of allylic oxidation sites excluding steroid dienone is 4. The fourth-order valence-corrected chi connectivity index (χ4v) is 5.52. The minimum atomic E-state index is -0.947. The van der Waals surface area contributed by atoms with E-state index in [4.69, 9.17) is 9.47 Å². The molecule has 5 nitrogen and oxygen atoms in total. The molecule has 1 N–H and O–H groups in total. The summed E-state index contributed by atoms with van der Waals surface area (Å²) in [4.78, 5) is 24.6. The van der Waals surface area contributed by atoms with E-state index in [1.165, 1.54) is 128 Å². The standard InChI is InChI=1S/C39H70O4.C2H7N.BrH/c1-3-5-7-9-11-13-15-17-19-21-23-25-27-29-31-33-37(40)42-39(35-36-39)43-38(41)34-32-30-28-26-24-22-20-18-16-14-12-10-8-6-4-2;1-3-2;/h17-20H,3-16,21-36H2,1-2H3;3H,1-2H3;1H/b19-17-,20-18-;;. The monoisotopic (exact) mass is 728 g/mol. The van der Waals surface area contributed by atoms with Crippen LogP contribution >= 0.6 is 17.0 Å². The molecule has 0 radical (unpaired) electrons. The van der Waals surface area contributed by atoms with Gasteiger partial charge >= 0.3 is 11.9 Å². The van der Waals surface area contributed by atoms with E-state index in [2.05, 4.69) is 43.5 Å². The highest BCUT2D eigenvalue weighted by molar-refractivity contribution is 8.93. The summed E-state index contributed by atoms with van der Waals surface area (Å²) >= 11 is 0. The van der Waals surface area contributed by atoms with E-state index in [9.17, 15) is 9.59 Å². The third-order valence-electron chi connectivity index (χ3n) is 8.54. The maximum Gasteiger partial charge on any atom is 0.309 e. The van der Waals surface area contributed by atoms with Crippen LogP contribution in [0.5, 0.6) is 0 Å². The molecule has 0 aromatic rings. The number of ether oxygens (including phenoxy) is 2. The highest BCUT2D eigenvalue weighted by atomic mass is 79.9. The van der Waals surface area contributed by atoms with E-state index < -0.39 is 5.79 Å². The first-order valence-corrected chi connectivity index (χ1v) is 19.9. The van der Waals surface area contributed by atoms with E-state index in [0.29, 0.717) is 25.7 Å². The molecule has 0 spiro atoms. The molecule has 1 fully saturated rings. The van der Waals surface area contributed by atoms with E-state index in [0.717, 1.165) is 38.5 Å². The van der Waals surface area contributed by atoms with Crippen molar-refractivity contribution < 1.29 is 19.1 Å². The highest BCUT2D eigenvalue weighted by Gasteiger charge is 2.51. The topological polar surface area (TPSA) is 64.6 Å². The molecule has 0 aromatic carbocycles. The minimum Gasteiger partial charge on any atom is -0.422 e. The predicted molar refractivity (Wildman–Crippen MR) is 208 cm³/mol. The van der Waals surface area contributed by atoms with Gasteiger partial charge in [0.15, 0.2) is 0 Å². The minimum absolute atomic E-state index is 0. The van der Waals surface area contributed by atoms with Crippen molar-refractivity contribution in [1.82, 2.24) is 5.32 Å². The van der Waals surface area contributed by atoms with Crippen LogP contribution in [-0.4, -0.2) is 31.8 Å². The zero-order chi connectivity index (χ0) is 33.8. The van der Waals surface area contributed by atoms with Crippen LogP contribution in [0.1, 0.15) is 206 Å². The second-order valence-electron chi connectivity index (χ2n) is 13.5. The number of carbonyl (C=O) groups is 2. The number of esters is 2. The van der Waals surface area contributed by atoms with Gasteiger partial charge in [-0.1, -0.05) is 141 Å². The predicted octanol–water partition coefficient (Wildman–Crippen LogP) is 13.1. The van der Waals surface area contributed by atoms with Crippen molar-refractivity contribution in [3.8, 4) is 0 Å². The van der Waals surface area contributed by atoms with Gasteiger partial charge in [-0.2, -0.15) is 0 Å². The molecular weight excluding hydrogens is 650 g/mol. The summed E-state index contributed by atoms with van der Waals surface area (Å²) in [5.74, 6) is -1.38. The van der Waals surface area contributed by atoms with Crippen LogP contribution in [0, 0.1) is 0 Å². The molecule has 0 unspecified atom stereocenters. The molecule has 278 valence electrons. The molecule has 1 rings (SSSR count). The number of nitrogens with one attached hydrogen (secondary N) is 1. The lowest BCUT2D eigenvalue weighted by Gasteiger charge is -2.17. The van der Waals surface area contributed by atoms with Crippen LogP contribution in [0.4, 0.5) is 0 Å². The Kier molecular flexibility index (Phi) is 38.5. The molecule has 47 heavy (non-hydrogen) atoms. The molecule has 0 saturated heterocycles. The molecular formula is C41H78BrNO4. The smallest absolute Gasteiger partial charge is 0.309 e. The van der Waals surface area contributed by atoms with Gasteiger partial charge in [-0.15, -0.1) is 17.0 Å². The molecule has 1 saturated carbocycles. The van der Waals surface area contributed by atoms with Gasteiger partial charge in [-0.25, -0.2) is 0 Å². The lowest BCUT2D eigenvalue weighted by atomic mass is 10.1. The maximum absolute atomic E-state index is 12.3. The third kappa shape index (κ3) is 36.0. The van der Waals surface area contributed by atoms with E-state index in [1.807, 2.05) is 14.1 Å². The molecule has 1 aliphatic carbocycles. The van der Waals surface area contributed by atoms with Gasteiger partial charge in [0.2, 0.25) is 0 Å². The summed E-state index contributed by atoms with van der Waals surface area (Å²) in [6, 6.07) is 0. The van der Waals surface area contributed by atoms with Gasteiger partial charge < -0.3 is 14.8 Å². The van der Waals surface area contributed by atoms with Gasteiger partial charge in [0.1, 0.15) is 0 Å².